The Morgan fingerprint density at radius 3 is 2.63 bits per heavy atom. The van der Waals surface area contributed by atoms with Gasteiger partial charge in [0.25, 0.3) is 0 Å². The van der Waals surface area contributed by atoms with E-state index in [-0.39, 0.29) is 11.9 Å². The first-order chi connectivity index (χ1) is 14.4. The van der Waals surface area contributed by atoms with Crippen LogP contribution in [0.3, 0.4) is 0 Å². The van der Waals surface area contributed by atoms with E-state index in [1.54, 1.807) is 29.3 Å². The molecule has 1 atom stereocenters. The average molecular weight is 408 g/mol. The summed E-state index contributed by atoms with van der Waals surface area (Å²) in [5, 5.41) is 8.72. The summed E-state index contributed by atoms with van der Waals surface area (Å²) in [4.78, 5) is 42.1. The number of carboxylic acids is 1. The van der Waals surface area contributed by atoms with Gasteiger partial charge in [-0.2, -0.15) is 0 Å². The second kappa shape index (κ2) is 6.55. The van der Waals surface area contributed by atoms with E-state index < -0.39 is 23.6 Å². The molecule has 30 heavy (non-hydrogen) atoms. The number of aliphatic carboxylic acids is 1. The lowest BCUT2D eigenvalue weighted by molar-refractivity contribution is -0.139. The normalized spacial score (nSPS) is 23.2. The lowest BCUT2D eigenvalue weighted by Gasteiger charge is -2.27. The van der Waals surface area contributed by atoms with E-state index in [9.17, 15) is 14.4 Å². The summed E-state index contributed by atoms with van der Waals surface area (Å²) in [5.74, 6) is -0.934. The van der Waals surface area contributed by atoms with Crippen molar-refractivity contribution < 1.29 is 29.0 Å². The summed E-state index contributed by atoms with van der Waals surface area (Å²) in [6.45, 7) is 0.459. The van der Waals surface area contributed by atoms with Crippen LogP contribution in [0.4, 0.5) is 0 Å². The van der Waals surface area contributed by atoms with Crippen LogP contribution in [0.1, 0.15) is 40.7 Å². The average Bonchev–Trinajstić information content (AvgIpc) is 3.39. The van der Waals surface area contributed by atoms with Crippen LogP contribution in [0.5, 0.6) is 5.75 Å². The quantitative estimate of drug-likeness (QED) is 0.753. The standard InChI is InChI=1S/C22H20N2O6/c25-18(26)12-29-15-3-1-14(2-4-15)21(6-7-21)20(28)24-10-8-22(13-24)17-5-9-23-11-16(17)19(27)30-22/h1-5,9,11H,6-8,10,12-13H2,(H,25,26). The van der Waals surface area contributed by atoms with Crippen molar-refractivity contribution in [3.05, 3.63) is 59.4 Å². The fourth-order valence-corrected chi connectivity index (χ4v) is 4.57. The molecule has 3 aliphatic rings. The molecule has 1 aromatic heterocycles. The van der Waals surface area contributed by atoms with Gasteiger partial charge in [0, 0.05) is 30.9 Å². The van der Waals surface area contributed by atoms with Crippen LogP contribution in [0.2, 0.25) is 0 Å². The number of carboxylic acid groups (broad SMARTS) is 1. The van der Waals surface area contributed by atoms with Crippen molar-refractivity contribution in [1.82, 2.24) is 9.88 Å². The second-order valence-electron chi connectivity index (χ2n) is 8.07. The van der Waals surface area contributed by atoms with Crippen LogP contribution in [0, 0.1) is 0 Å². The number of esters is 1. The molecule has 0 radical (unpaired) electrons. The first-order valence-electron chi connectivity index (χ1n) is 9.86. The number of likely N-dealkylation sites (tertiary alicyclic amines) is 1. The molecule has 1 saturated carbocycles. The van der Waals surface area contributed by atoms with Crippen molar-refractivity contribution >= 4 is 17.8 Å². The number of aromatic nitrogens is 1. The van der Waals surface area contributed by atoms with Gasteiger partial charge in [-0.3, -0.25) is 9.78 Å². The molecule has 8 heteroatoms. The number of hydrogen-bond acceptors (Lipinski definition) is 6. The molecule has 1 aromatic carbocycles. The first-order valence-corrected chi connectivity index (χ1v) is 9.86. The maximum absolute atomic E-state index is 13.4. The summed E-state index contributed by atoms with van der Waals surface area (Å²) < 4.78 is 10.9. The van der Waals surface area contributed by atoms with Crippen molar-refractivity contribution in [2.24, 2.45) is 0 Å². The van der Waals surface area contributed by atoms with Crippen molar-refractivity contribution in [3.8, 4) is 5.75 Å². The van der Waals surface area contributed by atoms with Gasteiger partial charge in [0.1, 0.15) is 5.75 Å². The van der Waals surface area contributed by atoms with Crippen LogP contribution < -0.4 is 4.74 Å². The minimum absolute atomic E-state index is 0.0390. The third kappa shape index (κ3) is 2.82. The maximum Gasteiger partial charge on any atom is 0.341 e. The Bertz CT molecular complexity index is 1050. The van der Waals surface area contributed by atoms with Crippen molar-refractivity contribution in [1.29, 1.82) is 0 Å². The number of benzene rings is 1. The topological polar surface area (TPSA) is 106 Å². The Balaban J connectivity index is 1.34. The van der Waals surface area contributed by atoms with Crippen molar-refractivity contribution in [2.75, 3.05) is 19.7 Å². The zero-order chi connectivity index (χ0) is 20.9. The van der Waals surface area contributed by atoms with Gasteiger partial charge in [0.15, 0.2) is 12.2 Å². The fraction of sp³-hybridized carbons (Fsp3) is 0.364. The summed E-state index contributed by atoms with van der Waals surface area (Å²) >= 11 is 0. The third-order valence-electron chi connectivity index (χ3n) is 6.27. The van der Waals surface area contributed by atoms with Gasteiger partial charge in [-0.15, -0.1) is 0 Å². The minimum atomic E-state index is -1.04. The van der Waals surface area contributed by atoms with Crippen LogP contribution in [0.15, 0.2) is 42.7 Å². The van der Waals surface area contributed by atoms with Crippen LogP contribution in [-0.2, 0) is 25.3 Å². The Hall–Kier alpha value is -3.42. The van der Waals surface area contributed by atoms with Crippen molar-refractivity contribution in [3.63, 3.8) is 0 Å². The highest BCUT2D eigenvalue weighted by molar-refractivity contribution is 5.95. The van der Waals surface area contributed by atoms with Gasteiger partial charge in [0.2, 0.25) is 5.91 Å². The minimum Gasteiger partial charge on any atom is -0.482 e. The van der Waals surface area contributed by atoms with E-state index in [1.165, 1.54) is 6.20 Å². The first kappa shape index (κ1) is 18.6. The number of ether oxygens (including phenoxy) is 2. The van der Waals surface area contributed by atoms with Crippen LogP contribution >= 0.6 is 0 Å². The molecule has 5 rings (SSSR count). The molecule has 8 nitrogen and oxygen atoms in total. The Kier molecular flexibility index (Phi) is 4.06. The Morgan fingerprint density at radius 1 is 1.17 bits per heavy atom. The predicted octanol–water partition coefficient (Wildman–Crippen LogP) is 1.87. The van der Waals surface area contributed by atoms with E-state index in [0.29, 0.717) is 30.8 Å². The number of carbonyl (C=O) groups excluding carboxylic acids is 2. The highest BCUT2D eigenvalue weighted by Crippen LogP contribution is 2.52. The number of amides is 1. The Labute approximate surface area is 172 Å². The molecule has 1 unspecified atom stereocenters. The van der Waals surface area contributed by atoms with E-state index in [1.807, 2.05) is 12.1 Å². The van der Waals surface area contributed by atoms with Crippen molar-refractivity contribution in [2.45, 2.75) is 30.3 Å². The van der Waals surface area contributed by atoms with Gasteiger partial charge in [-0.25, -0.2) is 9.59 Å². The lowest BCUT2D eigenvalue weighted by atomic mass is 9.92. The molecular formula is C22H20N2O6. The summed E-state index contributed by atoms with van der Waals surface area (Å²) in [5.41, 5.74) is 0.826. The number of hydrogen-bond donors (Lipinski definition) is 1. The fourth-order valence-electron chi connectivity index (χ4n) is 4.57. The summed E-state index contributed by atoms with van der Waals surface area (Å²) in [6, 6.07) is 8.84. The molecule has 2 aliphatic heterocycles. The number of nitrogens with zero attached hydrogens (tertiary/aromatic N) is 2. The number of rotatable bonds is 5. The van der Waals surface area contributed by atoms with E-state index >= 15 is 0 Å². The molecule has 1 aliphatic carbocycles. The molecule has 2 fully saturated rings. The molecule has 0 bridgehead atoms. The number of pyridine rings is 1. The summed E-state index contributed by atoms with van der Waals surface area (Å²) in [7, 11) is 0. The van der Waals surface area contributed by atoms with Crippen LogP contribution in [-0.4, -0.2) is 52.5 Å². The zero-order valence-corrected chi connectivity index (χ0v) is 16.2. The second-order valence-corrected chi connectivity index (χ2v) is 8.07. The monoisotopic (exact) mass is 408 g/mol. The highest BCUT2D eigenvalue weighted by atomic mass is 16.6. The molecule has 1 N–H and O–H groups in total. The van der Waals surface area contributed by atoms with E-state index in [4.69, 9.17) is 14.6 Å². The molecule has 1 spiro atoms. The third-order valence-corrected chi connectivity index (χ3v) is 6.27. The summed E-state index contributed by atoms with van der Waals surface area (Å²) in [6.07, 6.45) is 5.24. The van der Waals surface area contributed by atoms with Gasteiger partial charge < -0.3 is 19.5 Å². The SMILES string of the molecule is O=C(O)COc1ccc(C2(C(=O)N3CCC4(C3)OC(=O)c3cnccc34)CC2)cc1. The number of carbonyl (C=O) groups is 3. The molecular weight excluding hydrogens is 388 g/mol. The van der Waals surface area contributed by atoms with Gasteiger partial charge in [-0.1, -0.05) is 12.1 Å². The maximum atomic E-state index is 13.4. The van der Waals surface area contributed by atoms with Gasteiger partial charge >= 0.3 is 11.9 Å². The molecule has 154 valence electrons. The molecule has 2 aromatic rings. The smallest absolute Gasteiger partial charge is 0.341 e. The zero-order valence-electron chi connectivity index (χ0n) is 16.2. The van der Waals surface area contributed by atoms with Gasteiger partial charge in [0.05, 0.1) is 17.5 Å². The van der Waals surface area contributed by atoms with Gasteiger partial charge in [-0.05, 0) is 36.6 Å². The van der Waals surface area contributed by atoms with E-state index in [2.05, 4.69) is 4.98 Å². The van der Waals surface area contributed by atoms with E-state index in [0.717, 1.165) is 24.0 Å². The molecule has 1 amide bonds. The Morgan fingerprint density at radius 2 is 1.93 bits per heavy atom. The molecule has 3 heterocycles. The lowest BCUT2D eigenvalue weighted by Crippen LogP contribution is -2.40. The molecule has 1 saturated heterocycles. The predicted molar refractivity (Wildman–Crippen MR) is 103 cm³/mol. The highest BCUT2D eigenvalue weighted by Gasteiger charge is 2.57. The van der Waals surface area contributed by atoms with Crippen LogP contribution in [0.25, 0.3) is 0 Å². The largest absolute Gasteiger partial charge is 0.482 e. The number of fused-ring (bicyclic) bond motifs is 2.